The Hall–Kier alpha value is -2.41. The molecule has 0 N–H and O–H groups in total. The number of hydrogen-bond donors (Lipinski definition) is 0. The standard InChI is InChI=1S/C23H24ClNO5/c24-19-5-1-16(2-6-19)22(27)17-3-7-20(8-4-17)30-15-21(26)25-11-9-18(10-12-25)23-28-13-14-29-23/h1-8,18,23H,9-15H2. The molecule has 30 heavy (non-hydrogen) atoms. The fraction of sp³-hybridized carbons (Fsp3) is 0.391. The van der Waals surface area contributed by atoms with Crippen LogP contribution in [0.5, 0.6) is 5.75 Å². The Morgan fingerprint density at radius 1 is 0.933 bits per heavy atom. The van der Waals surface area contributed by atoms with E-state index in [1.807, 2.05) is 4.90 Å². The smallest absolute Gasteiger partial charge is 0.260 e. The van der Waals surface area contributed by atoms with Gasteiger partial charge in [-0.1, -0.05) is 11.6 Å². The summed E-state index contributed by atoms with van der Waals surface area (Å²) in [5.41, 5.74) is 1.12. The van der Waals surface area contributed by atoms with E-state index in [4.69, 9.17) is 25.8 Å². The summed E-state index contributed by atoms with van der Waals surface area (Å²) in [4.78, 5) is 26.8. The lowest BCUT2D eigenvalue weighted by Crippen LogP contribution is -2.43. The van der Waals surface area contributed by atoms with Gasteiger partial charge in [-0.2, -0.15) is 0 Å². The van der Waals surface area contributed by atoms with Crippen LogP contribution in [0.3, 0.4) is 0 Å². The van der Waals surface area contributed by atoms with Gasteiger partial charge in [-0.05, 0) is 61.4 Å². The molecule has 2 fully saturated rings. The zero-order valence-corrected chi connectivity index (χ0v) is 17.3. The molecule has 6 nitrogen and oxygen atoms in total. The van der Waals surface area contributed by atoms with Crippen LogP contribution in [0, 0.1) is 5.92 Å². The van der Waals surface area contributed by atoms with Gasteiger partial charge in [-0.15, -0.1) is 0 Å². The van der Waals surface area contributed by atoms with Gasteiger partial charge < -0.3 is 19.1 Å². The third kappa shape index (κ3) is 5.01. The lowest BCUT2D eigenvalue weighted by atomic mass is 9.96. The van der Waals surface area contributed by atoms with Gasteiger partial charge in [0.2, 0.25) is 0 Å². The number of benzene rings is 2. The molecule has 158 valence electrons. The highest BCUT2D eigenvalue weighted by molar-refractivity contribution is 6.30. The minimum atomic E-state index is -0.118. The van der Waals surface area contributed by atoms with Gasteiger partial charge >= 0.3 is 0 Å². The monoisotopic (exact) mass is 429 g/mol. The van der Waals surface area contributed by atoms with E-state index in [1.54, 1.807) is 48.5 Å². The number of likely N-dealkylation sites (tertiary alicyclic amines) is 1. The van der Waals surface area contributed by atoms with Gasteiger partial charge in [0.05, 0.1) is 13.2 Å². The van der Waals surface area contributed by atoms with Gasteiger partial charge in [0, 0.05) is 35.2 Å². The molecular weight excluding hydrogens is 406 g/mol. The second-order valence-corrected chi connectivity index (χ2v) is 7.91. The number of nitrogens with zero attached hydrogens (tertiary/aromatic N) is 1. The third-order valence-corrected chi connectivity index (χ3v) is 5.76. The maximum absolute atomic E-state index is 12.5. The highest BCUT2D eigenvalue weighted by Gasteiger charge is 2.31. The number of carbonyl (C=O) groups is 2. The van der Waals surface area contributed by atoms with Crippen LogP contribution in [0.2, 0.25) is 5.02 Å². The molecule has 0 aromatic heterocycles. The molecule has 1 amide bonds. The molecule has 2 aliphatic rings. The van der Waals surface area contributed by atoms with Crippen LogP contribution in [-0.2, 0) is 14.3 Å². The van der Waals surface area contributed by atoms with Crippen molar-refractivity contribution in [2.45, 2.75) is 19.1 Å². The second-order valence-electron chi connectivity index (χ2n) is 7.48. The molecule has 0 bridgehead atoms. The first-order valence-corrected chi connectivity index (χ1v) is 10.5. The minimum absolute atomic E-state index is 0.0222. The molecule has 0 aliphatic carbocycles. The molecule has 0 unspecified atom stereocenters. The van der Waals surface area contributed by atoms with E-state index in [1.165, 1.54) is 0 Å². The first-order valence-electron chi connectivity index (χ1n) is 10.1. The van der Waals surface area contributed by atoms with Crippen molar-refractivity contribution in [3.05, 3.63) is 64.7 Å². The minimum Gasteiger partial charge on any atom is -0.484 e. The van der Waals surface area contributed by atoms with Crippen LogP contribution in [-0.4, -0.2) is 55.8 Å². The number of carbonyl (C=O) groups excluding carboxylic acids is 2. The van der Waals surface area contributed by atoms with E-state index in [9.17, 15) is 9.59 Å². The molecule has 4 rings (SSSR count). The molecule has 2 aliphatic heterocycles. The maximum atomic E-state index is 12.5. The van der Waals surface area contributed by atoms with Crippen molar-refractivity contribution in [1.82, 2.24) is 4.90 Å². The van der Waals surface area contributed by atoms with E-state index in [2.05, 4.69) is 0 Å². The van der Waals surface area contributed by atoms with Crippen molar-refractivity contribution in [3.8, 4) is 5.75 Å². The molecule has 0 atom stereocenters. The molecule has 0 radical (unpaired) electrons. The van der Waals surface area contributed by atoms with Crippen molar-refractivity contribution in [1.29, 1.82) is 0 Å². The van der Waals surface area contributed by atoms with Crippen molar-refractivity contribution in [2.75, 3.05) is 32.9 Å². The van der Waals surface area contributed by atoms with Crippen molar-refractivity contribution in [3.63, 3.8) is 0 Å². The summed E-state index contributed by atoms with van der Waals surface area (Å²) in [6, 6.07) is 13.6. The SMILES string of the molecule is O=C(c1ccc(Cl)cc1)c1ccc(OCC(=O)N2CCC(C3OCCO3)CC2)cc1. The van der Waals surface area contributed by atoms with E-state index >= 15 is 0 Å². The quantitative estimate of drug-likeness (QED) is 0.657. The van der Waals surface area contributed by atoms with Crippen LogP contribution >= 0.6 is 11.6 Å². The summed E-state index contributed by atoms with van der Waals surface area (Å²) in [5.74, 6) is 0.775. The molecule has 2 heterocycles. The van der Waals surface area contributed by atoms with Crippen molar-refractivity contribution >= 4 is 23.3 Å². The first-order chi connectivity index (χ1) is 14.6. The van der Waals surface area contributed by atoms with Crippen molar-refractivity contribution in [2.24, 2.45) is 5.92 Å². The van der Waals surface area contributed by atoms with E-state index in [-0.39, 0.29) is 24.6 Å². The average molecular weight is 430 g/mol. The fourth-order valence-electron chi connectivity index (χ4n) is 3.78. The third-order valence-electron chi connectivity index (χ3n) is 5.51. The van der Waals surface area contributed by atoms with Crippen LogP contribution < -0.4 is 4.74 Å². The largest absolute Gasteiger partial charge is 0.484 e. The summed E-state index contributed by atoms with van der Waals surface area (Å²) >= 11 is 5.87. The fourth-order valence-corrected chi connectivity index (χ4v) is 3.90. The van der Waals surface area contributed by atoms with Gasteiger partial charge in [-0.3, -0.25) is 9.59 Å². The zero-order valence-electron chi connectivity index (χ0n) is 16.6. The summed E-state index contributed by atoms with van der Waals surface area (Å²) in [5, 5.41) is 0.587. The van der Waals surface area contributed by atoms with E-state index in [0.29, 0.717) is 54.1 Å². The highest BCUT2D eigenvalue weighted by atomic mass is 35.5. The van der Waals surface area contributed by atoms with Crippen LogP contribution in [0.1, 0.15) is 28.8 Å². The number of hydrogen-bond acceptors (Lipinski definition) is 5. The lowest BCUT2D eigenvalue weighted by Gasteiger charge is -2.33. The Kier molecular flexibility index (Phi) is 6.67. The molecule has 7 heteroatoms. The molecule has 2 saturated heterocycles. The summed E-state index contributed by atoms with van der Waals surface area (Å²) in [7, 11) is 0. The van der Waals surface area contributed by atoms with Gasteiger partial charge in [0.15, 0.2) is 18.7 Å². The number of piperidine rings is 1. The molecular formula is C23H24ClNO5. The normalized spacial score (nSPS) is 17.8. The number of rotatable bonds is 6. The molecule has 2 aromatic carbocycles. The van der Waals surface area contributed by atoms with Crippen LogP contribution in [0.4, 0.5) is 0 Å². The predicted molar refractivity (Wildman–Crippen MR) is 112 cm³/mol. The van der Waals surface area contributed by atoms with Crippen LogP contribution in [0.15, 0.2) is 48.5 Å². The Balaban J connectivity index is 1.25. The second kappa shape index (κ2) is 9.60. The maximum Gasteiger partial charge on any atom is 0.260 e. The van der Waals surface area contributed by atoms with E-state index in [0.717, 1.165) is 12.8 Å². The highest BCUT2D eigenvalue weighted by Crippen LogP contribution is 2.26. The Bertz CT molecular complexity index is 869. The molecule has 0 spiro atoms. The topological polar surface area (TPSA) is 65.1 Å². The number of ether oxygens (including phenoxy) is 3. The number of ketones is 1. The first kappa shape index (κ1) is 20.8. The van der Waals surface area contributed by atoms with Gasteiger partial charge in [0.25, 0.3) is 5.91 Å². The lowest BCUT2D eigenvalue weighted by molar-refractivity contribution is -0.138. The summed E-state index contributed by atoms with van der Waals surface area (Å²) in [6.45, 7) is 2.66. The Morgan fingerprint density at radius 2 is 1.50 bits per heavy atom. The van der Waals surface area contributed by atoms with E-state index < -0.39 is 0 Å². The summed E-state index contributed by atoms with van der Waals surface area (Å²) < 4.78 is 16.8. The van der Waals surface area contributed by atoms with Gasteiger partial charge in [0.1, 0.15) is 5.75 Å². The summed E-state index contributed by atoms with van der Waals surface area (Å²) in [6.07, 6.45) is 1.63. The predicted octanol–water partition coefficient (Wildman–Crippen LogP) is 3.56. The van der Waals surface area contributed by atoms with Crippen molar-refractivity contribution < 1.29 is 23.8 Å². The van der Waals surface area contributed by atoms with Gasteiger partial charge in [-0.25, -0.2) is 0 Å². The molecule has 2 aromatic rings. The Labute approximate surface area is 180 Å². The Morgan fingerprint density at radius 3 is 2.10 bits per heavy atom. The molecule has 0 saturated carbocycles. The van der Waals surface area contributed by atoms with Crippen LogP contribution in [0.25, 0.3) is 0 Å². The average Bonchev–Trinajstić information content (AvgIpc) is 3.33. The zero-order chi connectivity index (χ0) is 20.9. The number of halogens is 1. The number of amides is 1.